The standard InChI is InChI=1S/C7H11NO4/c1-4-6(9)12-8(3)5(2)7(10)11/h4-5H,1H2,2-3H3,(H,10,11)/t5-/m0/s1. The number of carboxylic acid groups (broad SMARTS) is 1. The van der Waals surface area contributed by atoms with Gasteiger partial charge in [-0.15, -0.1) is 5.06 Å². The van der Waals surface area contributed by atoms with Crippen LogP contribution in [-0.4, -0.2) is 35.2 Å². The minimum atomic E-state index is -1.06. The second kappa shape index (κ2) is 4.50. The van der Waals surface area contributed by atoms with Crippen molar-refractivity contribution in [3.63, 3.8) is 0 Å². The summed E-state index contributed by atoms with van der Waals surface area (Å²) in [7, 11) is 1.36. The first-order valence-electron chi connectivity index (χ1n) is 3.29. The third kappa shape index (κ3) is 3.16. The maximum absolute atomic E-state index is 10.6. The van der Waals surface area contributed by atoms with Gasteiger partial charge in [-0.3, -0.25) is 4.79 Å². The van der Waals surface area contributed by atoms with Crippen molar-refractivity contribution < 1.29 is 19.5 Å². The lowest BCUT2D eigenvalue weighted by Crippen LogP contribution is -2.37. The predicted octanol–water partition coefficient (Wildman–Crippen LogP) is 0.0355. The molecule has 0 rings (SSSR count). The highest BCUT2D eigenvalue weighted by atomic mass is 16.7. The summed E-state index contributed by atoms with van der Waals surface area (Å²) in [5.41, 5.74) is 0. The molecule has 0 radical (unpaired) electrons. The number of carbonyl (C=O) groups is 2. The monoisotopic (exact) mass is 173 g/mol. The Kier molecular flexibility index (Phi) is 3.99. The number of nitrogens with zero attached hydrogens (tertiary/aromatic N) is 1. The average Bonchev–Trinajstić information content (AvgIpc) is 2.02. The fourth-order valence-corrected chi connectivity index (χ4v) is 0.414. The van der Waals surface area contributed by atoms with E-state index in [1.54, 1.807) is 0 Å². The molecule has 0 heterocycles. The number of hydrogen-bond acceptors (Lipinski definition) is 4. The predicted molar refractivity (Wildman–Crippen MR) is 41.1 cm³/mol. The maximum atomic E-state index is 10.6. The number of likely N-dealkylation sites (N-methyl/N-ethyl adjacent to an activating group) is 1. The van der Waals surface area contributed by atoms with Crippen LogP contribution in [0, 0.1) is 0 Å². The largest absolute Gasteiger partial charge is 0.480 e. The molecule has 1 atom stereocenters. The van der Waals surface area contributed by atoms with Gasteiger partial charge in [0.2, 0.25) is 0 Å². The minimum absolute atomic E-state index is 0.675. The molecule has 0 bridgehead atoms. The lowest BCUT2D eigenvalue weighted by atomic mass is 10.3. The van der Waals surface area contributed by atoms with Crippen LogP contribution in [0.2, 0.25) is 0 Å². The van der Waals surface area contributed by atoms with E-state index in [4.69, 9.17) is 5.11 Å². The van der Waals surface area contributed by atoms with Crippen LogP contribution in [-0.2, 0) is 14.4 Å². The van der Waals surface area contributed by atoms with Gasteiger partial charge in [-0.25, -0.2) is 4.79 Å². The molecule has 0 aromatic rings. The molecule has 1 N–H and O–H groups in total. The summed E-state index contributed by atoms with van der Waals surface area (Å²) in [4.78, 5) is 25.4. The minimum Gasteiger partial charge on any atom is -0.480 e. The Morgan fingerprint density at radius 3 is 2.50 bits per heavy atom. The summed E-state index contributed by atoms with van der Waals surface area (Å²) in [6, 6.07) is -0.867. The van der Waals surface area contributed by atoms with Gasteiger partial charge in [0.05, 0.1) is 0 Å². The van der Waals surface area contributed by atoms with E-state index in [2.05, 4.69) is 11.4 Å². The molecule has 0 aliphatic rings. The quantitative estimate of drug-likeness (QED) is 0.480. The van der Waals surface area contributed by atoms with Crippen molar-refractivity contribution >= 4 is 11.9 Å². The second-order valence-corrected chi connectivity index (χ2v) is 2.17. The van der Waals surface area contributed by atoms with Crippen molar-refractivity contribution in [3.05, 3.63) is 12.7 Å². The molecule has 0 spiro atoms. The van der Waals surface area contributed by atoms with E-state index in [9.17, 15) is 9.59 Å². The molecule has 0 aromatic carbocycles. The van der Waals surface area contributed by atoms with Crippen LogP contribution in [0.4, 0.5) is 0 Å². The zero-order valence-corrected chi connectivity index (χ0v) is 6.98. The van der Waals surface area contributed by atoms with Gasteiger partial charge in [0.15, 0.2) is 0 Å². The first kappa shape index (κ1) is 10.6. The summed E-state index contributed by atoms with van der Waals surface area (Å²) in [6.07, 6.45) is 0.963. The maximum Gasteiger partial charge on any atom is 0.349 e. The van der Waals surface area contributed by atoms with Gasteiger partial charge >= 0.3 is 11.9 Å². The fourth-order valence-electron chi connectivity index (χ4n) is 0.414. The third-order valence-electron chi connectivity index (χ3n) is 1.30. The molecule has 0 aliphatic carbocycles. The lowest BCUT2D eigenvalue weighted by molar-refractivity contribution is -0.192. The summed E-state index contributed by atoms with van der Waals surface area (Å²) in [5, 5.41) is 9.43. The van der Waals surface area contributed by atoms with Crippen LogP contribution in [0.5, 0.6) is 0 Å². The van der Waals surface area contributed by atoms with Crippen molar-refractivity contribution in [1.82, 2.24) is 5.06 Å². The van der Waals surface area contributed by atoms with Gasteiger partial charge in [0, 0.05) is 13.1 Å². The van der Waals surface area contributed by atoms with E-state index in [0.717, 1.165) is 11.1 Å². The molecule has 5 heteroatoms. The number of hydroxylamine groups is 2. The Bertz CT molecular complexity index is 202. The summed E-state index contributed by atoms with van der Waals surface area (Å²) in [5.74, 6) is -1.74. The van der Waals surface area contributed by atoms with E-state index in [0.29, 0.717) is 0 Å². The Morgan fingerprint density at radius 1 is 1.67 bits per heavy atom. The summed E-state index contributed by atoms with van der Waals surface area (Å²) < 4.78 is 0. The van der Waals surface area contributed by atoms with Crippen LogP contribution >= 0.6 is 0 Å². The highest BCUT2D eigenvalue weighted by molar-refractivity contribution is 5.81. The van der Waals surface area contributed by atoms with E-state index < -0.39 is 18.0 Å². The zero-order valence-electron chi connectivity index (χ0n) is 6.98. The number of aliphatic carboxylic acids is 1. The van der Waals surface area contributed by atoms with E-state index >= 15 is 0 Å². The van der Waals surface area contributed by atoms with Gasteiger partial charge < -0.3 is 9.94 Å². The van der Waals surface area contributed by atoms with E-state index in [1.165, 1.54) is 14.0 Å². The molecule has 12 heavy (non-hydrogen) atoms. The van der Waals surface area contributed by atoms with Gasteiger partial charge in [-0.05, 0) is 6.92 Å². The van der Waals surface area contributed by atoms with Crippen LogP contribution < -0.4 is 0 Å². The topological polar surface area (TPSA) is 66.8 Å². The van der Waals surface area contributed by atoms with Crippen LogP contribution in [0.25, 0.3) is 0 Å². The van der Waals surface area contributed by atoms with Gasteiger partial charge in [-0.1, -0.05) is 6.58 Å². The molecule has 68 valence electrons. The normalized spacial score (nSPS) is 12.2. The Labute approximate surface area is 70.2 Å². The molecule has 5 nitrogen and oxygen atoms in total. The fraction of sp³-hybridized carbons (Fsp3) is 0.429. The lowest BCUT2D eigenvalue weighted by Gasteiger charge is -2.18. The van der Waals surface area contributed by atoms with Crippen LogP contribution in [0.1, 0.15) is 6.92 Å². The van der Waals surface area contributed by atoms with Crippen molar-refractivity contribution in [2.45, 2.75) is 13.0 Å². The summed E-state index contributed by atoms with van der Waals surface area (Å²) in [6.45, 7) is 4.57. The number of carbonyl (C=O) groups excluding carboxylic acids is 1. The highest BCUT2D eigenvalue weighted by Crippen LogP contribution is 1.96. The van der Waals surface area contributed by atoms with Gasteiger partial charge in [0.25, 0.3) is 0 Å². The molecule has 0 aromatic heterocycles. The Hall–Kier alpha value is -1.36. The van der Waals surface area contributed by atoms with Crippen LogP contribution in [0.15, 0.2) is 12.7 Å². The smallest absolute Gasteiger partial charge is 0.349 e. The van der Waals surface area contributed by atoms with Crippen molar-refractivity contribution in [2.24, 2.45) is 0 Å². The Morgan fingerprint density at radius 2 is 2.17 bits per heavy atom. The third-order valence-corrected chi connectivity index (χ3v) is 1.30. The number of hydrogen-bond donors (Lipinski definition) is 1. The highest BCUT2D eigenvalue weighted by Gasteiger charge is 2.19. The molecule has 0 amide bonds. The molecule has 0 saturated heterocycles. The molecule has 0 unspecified atom stereocenters. The zero-order chi connectivity index (χ0) is 9.72. The van der Waals surface area contributed by atoms with Gasteiger partial charge in [0.1, 0.15) is 6.04 Å². The van der Waals surface area contributed by atoms with E-state index in [-0.39, 0.29) is 0 Å². The molecule has 0 saturated carbocycles. The Balaban J connectivity index is 4.03. The second-order valence-electron chi connectivity index (χ2n) is 2.17. The average molecular weight is 173 g/mol. The van der Waals surface area contributed by atoms with Gasteiger partial charge in [-0.2, -0.15) is 0 Å². The molecular weight excluding hydrogens is 162 g/mol. The van der Waals surface area contributed by atoms with Crippen molar-refractivity contribution in [3.8, 4) is 0 Å². The molecular formula is C7H11NO4. The first-order chi connectivity index (χ1) is 5.49. The SMILES string of the molecule is C=CC(=O)ON(C)[C@@H](C)C(=O)O. The van der Waals surface area contributed by atoms with Crippen molar-refractivity contribution in [1.29, 1.82) is 0 Å². The number of carboxylic acids is 1. The van der Waals surface area contributed by atoms with E-state index in [1.807, 2.05) is 0 Å². The number of rotatable bonds is 4. The van der Waals surface area contributed by atoms with Crippen LogP contribution in [0.3, 0.4) is 0 Å². The molecule has 0 fully saturated rings. The first-order valence-corrected chi connectivity index (χ1v) is 3.29. The summed E-state index contributed by atoms with van der Waals surface area (Å²) >= 11 is 0. The molecule has 0 aliphatic heterocycles. The van der Waals surface area contributed by atoms with Crippen molar-refractivity contribution in [2.75, 3.05) is 7.05 Å².